The van der Waals surface area contributed by atoms with E-state index in [4.69, 9.17) is 18.0 Å². The molecule has 0 saturated heterocycles. The molecule has 0 aliphatic heterocycles. The quantitative estimate of drug-likeness (QED) is 0.768. The first-order valence-electron chi connectivity index (χ1n) is 4.62. The second-order valence-corrected chi connectivity index (χ2v) is 3.55. The van der Waals surface area contributed by atoms with Gasteiger partial charge in [0.1, 0.15) is 0 Å². The number of nitrogens with two attached hydrogens (primary N) is 1. The minimum Gasteiger partial charge on any atom is -0.392 e. The summed E-state index contributed by atoms with van der Waals surface area (Å²) in [6.07, 6.45) is 3.16. The third-order valence-electron chi connectivity index (χ3n) is 1.92. The van der Waals surface area contributed by atoms with E-state index in [9.17, 15) is 4.79 Å². The summed E-state index contributed by atoms with van der Waals surface area (Å²) < 4.78 is 0. The number of nitrogens with zero attached hydrogens (tertiary/aromatic N) is 2. The van der Waals surface area contributed by atoms with Crippen LogP contribution in [0.4, 0.5) is 0 Å². The molecule has 1 amide bonds. The minimum absolute atomic E-state index is 0.0987. The molecule has 1 aromatic heterocycles. The van der Waals surface area contributed by atoms with Gasteiger partial charge in [-0.25, -0.2) is 0 Å². The highest BCUT2D eigenvalue weighted by atomic mass is 32.1. The first kappa shape index (κ1) is 11.6. The lowest BCUT2D eigenvalue weighted by molar-refractivity contribution is 0.0787. The van der Waals surface area contributed by atoms with Crippen LogP contribution in [-0.4, -0.2) is 33.9 Å². The maximum absolute atomic E-state index is 11.9. The van der Waals surface area contributed by atoms with E-state index >= 15 is 0 Å². The van der Waals surface area contributed by atoms with Crippen molar-refractivity contribution in [3.63, 3.8) is 0 Å². The molecule has 0 saturated carbocycles. The Morgan fingerprint density at radius 1 is 1.67 bits per heavy atom. The van der Waals surface area contributed by atoms with Gasteiger partial charge in [-0.1, -0.05) is 12.2 Å². The van der Waals surface area contributed by atoms with Gasteiger partial charge in [0.25, 0.3) is 5.91 Å². The second-order valence-electron chi connectivity index (χ2n) is 3.03. The van der Waals surface area contributed by atoms with Crippen LogP contribution in [0.5, 0.6) is 0 Å². The summed E-state index contributed by atoms with van der Waals surface area (Å²) in [5.41, 5.74) is 5.96. The molecule has 0 spiro atoms. The molecule has 1 aromatic rings. The van der Waals surface area contributed by atoms with Gasteiger partial charge >= 0.3 is 0 Å². The average molecular weight is 223 g/mol. The Hall–Kier alpha value is -1.49. The molecule has 0 atom stereocenters. The Labute approximate surface area is 94.1 Å². The fraction of sp³-hybridized carbons (Fsp3) is 0.300. The molecule has 1 heterocycles. The molecule has 80 valence electrons. The van der Waals surface area contributed by atoms with Crippen molar-refractivity contribution < 1.29 is 4.79 Å². The van der Waals surface area contributed by atoms with Crippen LogP contribution in [0, 0.1) is 0 Å². The van der Waals surface area contributed by atoms with Crippen molar-refractivity contribution in [1.29, 1.82) is 0 Å². The summed E-state index contributed by atoms with van der Waals surface area (Å²) in [5, 5.41) is 0. The number of rotatable bonds is 4. The Kier molecular flexibility index (Phi) is 4.17. The molecule has 1 rings (SSSR count). The Balaban J connectivity index is 2.78. The van der Waals surface area contributed by atoms with Crippen molar-refractivity contribution in [1.82, 2.24) is 9.88 Å². The van der Waals surface area contributed by atoms with Crippen molar-refractivity contribution in [3.8, 4) is 0 Å². The summed E-state index contributed by atoms with van der Waals surface area (Å²) in [6, 6.07) is 3.44. The Morgan fingerprint density at radius 3 is 2.87 bits per heavy atom. The maximum atomic E-state index is 11.9. The van der Waals surface area contributed by atoms with Gasteiger partial charge in [-0.3, -0.25) is 9.78 Å². The summed E-state index contributed by atoms with van der Waals surface area (Å²) >= 11 is 4.78. The standard InChI is InChI=1S/C10H13N3OS/c1-2-13(7-9(11)15)10(14)8-4-3-5-12-6-8/h3-6H,2,7H2,1H3,(H2,11,15). The normalized spacial score (nSPS) is 9.67. The predicted molar refractivity (Wildman–Crippen MR) is 62.6 cm³/mol. The third kappa shape index (κ3) is 3.28. The van der Waals surface area contributed by atoms with Gasteiger partial charge in [0, 0.05) is 18.9 Å². The van der Waals surface area contributed by atoms with Gasteiger partial charge in [-0.05, 0) is 19.1 Å². The molecular formula is C10H13N3OS. The number of hydrogen-bond acceptors (Lipinski definition) is 3. The van der Waals surface area contributed by atoms with Crippen molar-refractivity contribution in [3.05, 3.63) is 30.1 Å². The SMILES string of the molecule is CCN(CC(N)=S)C(=O)c1cccnc1. The number of carbonyl (C=O) groups is 1. The molecule has 0 unspecified atom stereocenters. The van der Waals surface area contributed by atoms with E-state index in [1.54, 1.807) is 23.2 Å². The smallest absolute Gasteiger partial charge is 0.255 e. The highest BCUT2D eigenvalue weighted by Gasteiger charge is 2.14. The summed E-state index contributed by atoms with van der Waals surface area (Å²) in [7, 11) is 0. The number of hydrogen-bond donors (Lipinski definition) is 1. The van der Waals surface area contributed by atoms with Gasteiger partial charge in [0.15, 0.2) is 0 Å². The lowest BCUT2D eigenvalue weighted by atomic mass is 10.2. The van der Waals surface area contributed by atoms with Crippen LogP contribution in [0.25, 0.3) is 0 Å². The Bertz CT molecular complexity index is 353. The maximum Gasteiger partial charge on any atom is 0.255 e. The fourth-order valence-electron chi connectivity index (χ4n) is 1.19. The second kappa shape index (κ2) is 5.41. The van der Waals surface area contributed by atoms with E-state index in [1.807, 2.05) is 6.92 Å². The molecule has 15 heavy (non-hydrogen) atoms. The fourth-order valence-corrected chi connectivity index (χ4v) is 1.34. The lowest BCUT2D eigenvalue weighted by Gasteiger charge is -2.19. The zero-order valence-corrected chi connectivity index (χ0v) is 9.33. The molecule has 5 heteroatoms. The van der Waals surface area contributed by atoms with E-state index in [1.165, 1.54) is 6.20 Å². The van der Waals surface area contributed by atoms with E-state index in [0.29, 0.717) is 23.6 Å². The molecule has 0 bridgehead atoms. The van der Waals surface area contributed by atoms with Gasteiger partial charge in [-0.2, -0.15) is 0 Å². The lowest BCUT2D eigenvalue weighted by Crippen LogP contribution is -2.37. The molecule has 0 fully saturated rings. The summed E-state index contributed by atoms with van der Waals surface area (Å²) in [6.45, 7) is 2.76. The first-order chi connectivity index (χ1) is 7.15. The minimum atomic E-state index is -0.0987. The Morgan fingerprint density at radius 2 is 2.40 bits per heavy atom. The molecule has 0 radical (unpaired) electrons. The van der Waals surface area contributed by atoms with Crippen molar-refractivity contribution in [2.45, 2.75) is 6.92 Å². The molecule has 0 aromatic carbocycles. The van der Waals surface area contributed by atoms with Crippen molar-refractivity contribution >= 4 is 23.1 Å². The topological polar surface area (TPSA) is 59.2 Å². The van der Waals surface area contributed by atoms with E-state index in [2.05, 4.69) is 4.98 Å². The van der Waals surface area contributed by atoms with E-state index in [-0.39, 0.29) is 5.91 Å². The average Bonchev–Trinajstić information content (AvgIpc) is 2.26. The number of likely N-dealkylation sites (N-methyl/N-ethyl adjacent to an activating group) is 1. The zero-order valence-electron chi connectivity index (χ0n) is 8.51. The molecule has 2 N–H and O–H groups in total. The van der Waals surface area contributed by atoms with Crippen LogP contribution in [0.15, 0.2) is 24.5 Å². The van der Waals surface area contributed by atoms with Gasteiger partial charge in [0.2, 0.25) is 0 Å². The third-order valence-corrected chi connectivity index (χ3v) is 2.05. The largest absolute Gasteiger partial charge is 0.392 e. The van der Waals surface area contributed by atoms with Gasteiger partial charge < -0.3 is 10.6 Å². The van der Waals surface area contributed by atoms with Crippen LogP contribution in [0.2, 0.25) is 0 Å². The highest BCUT2D eigenvalue weighted by molar-refractivity contribution is 7.80. The van der Waals surface area contributed by atoms with Crippen LogP contribution >= 0.6 is 12.2 Å². The predicted octanol–water partition coefficient (Wildman–Crippen LogP) is 0.830. The molecule has 0 aliphatic rings. The number of carbonyl (C=O) groups excluding carboxylic acids is 1. The van der Waals surface area contributed by atoms with Crippen LogP contribution in [0.1, 0.15) is 17.3 Å². The van der Waals surface area contributed by atoms with Gasteiger partial charge in [-0.15, -0.1) is 0 Å². The monoisotopic (exact) mass is 223 g/mol. The van der Waals surface area contributed by atoms with E-state index in [0.717, 1.165) is 0 Å². The van der Waals surface area contributed by atoms with Crippen molar-refractivity contribution in [2.24, 2.45) is 5.73 Å². The van der Waals surface area contributed by atoms with Gasteiger partial charge in [0.05, 0.1) is 17.1 Å². The summed E-state index contributed by atoms with van der Waals surface area (Å²) in [4.78, 5) is 17.7. The number of thiocarbonyl (C=S) groups is 1. The zero-order chi connectivity index (χ0) is 11.3. The highest BCUT2D eigenvalue weighted by Crippen LogP contribution is 2.02. The first-order valence-corrected chi connectivity index (χ1v) is 5.03. The molecule has 4 nitrogen and oxygen atoms in total. The van der Waals surface area contributed by atoms with Crippen molar-refractivity contribution in [2.75, 3.05) is 13.1 Å². The van der Waals surface area contributed by atoms with Crippen LogP contribution < -0.4 is 5.73 Å². The molecular weight excluding hydrogens is 210 g/mol. The summed E-state index contributed by atoms with van der Waals surface area (Å²) in [5.74, 6) is -0.0987. The van der Waals surface area contributed by atoms with Crippen LogP contribution in [0.3, 0.4) is 0 Å². The van der Waals surface area contributed by atoms with Crippen LogP contribution in [-0.2, 0) is 0 Å². The number of amides is 1. The number of aromatic nitrogens is 1. The number of pyridine rings is 1. The van der Waals surface area contributed by atoms with E-state index < -0.39 is 0 Å². The molecule has 0 aliphatic carbocycles.